The predicted octanol–water partition coefficient (Wildman–Crippen LogP) is 3.25. The highest BCUT2D eigenvalue weighted by Gasteiger charge is 2.29. The van der Waals surface area contributed by atoms with Gasteiger partial charge in [0.2, 0.25) is 0 Å². The number of hydrogen-bond donors (Lipinski definition) is 2. The summed E-state index contributed by atoms with van der Waals surface area (Å²) in [6.45, 7) is 2.41. The maximum atomic E-state index is 12.5. The van der Waals surface area contributed by atoms with Crippen LogP contribution >= 0.6 is 0 Å². The molecule has 0 bridgehead atoms. The zero-order valence-corrected chi connectivity index (χ0v) is 20.9. The molecule has 2 aromatic carbocycles. The number of nitrogens with one attached hydrogen (secondary N) is 1. The minimum Gasteiger partial charge on any atom is -0.488 e. The second-order valence-electron chi connectivity index (χ2n) is 8.84. The molecule has 3 rings (SSSR count). The van der Waals surface area contributed by atoms with Crippen molar-refractivity contribution < 1.29 is 37.0 Å². The van der Waals surface area contributed by atoms with E-state index >= 15 is 0 Å². The highest BCUT2D eigenvalue weighted by atomic mass is 19.4. The Bertz CT molecular complexity index is 1090. The van der Waals surface area contributed by atoms with Crippen LogP contribution in [0.1, 0.15) is 34.8 Å². The van der Waals surface area contributed by atoms with Crippen LogP contribution < -0.4 is 25.4 Å². The quantitative estimate of drug-likeness (QED) is 0.307. The van der Waals surface area contributed by atoms with Crippen LogP contribution in [0, 0.1) is 0 Å². The summed E-state index contributed by atoms with van der Waals surface area (Å²) in [5.41, 5.74) is 8.86. The van der Waals surface area contributed by atoms with E-state index in [0.717, 1.165) is 23.2 Å². The number of nitrogens with two attached hydrogens (primary N) is 1. The number of nitrogens with zero attached hydrogens (tertiary/aromatic N) is 1. The van der Waals surface area contributed by atoms with Gasteiger partial charge in [-0.25, -0.2) is 0 Å². The van der Waals surface area contributed by atoms with Gasteiger partial charge in [-0.2, -0.15) is 13.2 Å². The van der Waals surface area contributed by atoms with E-state index in [1.54, 1.807) is 24.3 Å². The van der Waals surface area contributed by atoms with Gasteiger partial charge in [0.15, 0.2) is 18.1 Å². The molecule has 37 heavy (non-hydrogen) atoms. The topological polar surface area (TPSA) is 103 Å². The zero-order chi connectivity index (χ0) is 27.0. The number of alkyl halides is 3. The number of carbonyl (C=O) groups is 2. The summed E-state index contributed by atoms with van der Waals surface area (Å²) in [7, 11) is 1.34. The van der Waals surface area contributed by atoms with Crippen molar-refractivity contribution in [1.29, 1.82) is 0 Å². The van der Waals surface area contributed by atoms with Crippen LogP contribution in [0.25, 0.3) is 0 Å². The highest BCUT2D eigenvalue weighted by Crippen LogP contribution is 2.34. The van der Waals surface area contributed by atoms with E-state index in [1.165, 1.54) is 13.2 Å². The van der Waals surface area contributed by atoms with Gasteiger partial charge in [-0.3, -0.25) is 9.59 Å². The number of benzene rings is 2. The summed E-state index contributed by atoms with van der Waals surface area (Å²) in [6.07, 6.45) is -2.84. The summed E-state index contributed by atoms with van der Waals surface area (Å²) in [5, 5.41) is 3.32. The van der Waals surface area contributed by atoms with Crippen molar-refractivity contribution in [3.8, 4) is 11.5 Å². The van der Waals surface area contributed by atoms with Crippen LogP contribution in [0.2, 0.25) is 0 Å². The first-order chi connectivity index (χ1) is 17.6. The van der Waals surface area contributed by atoms with Crippen molar-refractivity contribution in [2.75, 3.05) is 44.9 Å². The Morgan fingerprint density at radius 2 is 1.86 bits per heavy atom. The van der Waals surface area contributed by atoms with Gasteiger partial charge in [0.05, 0.1) is 24.8 Å². The van der Waals surface area contributed by atoms with Crippen LogP contribution in [0.3, 0.4) is 0 Å². The van der Waals surface area contributed by atoms with Gasteiger partial charge in [-0.05, 0) is 49.1 Å². The van der Waals surface area contributed by atoms with Crippen molar-refractivity contribution in [2.45, 2.75) is 38.4 Å². The first kappa shape index (κ1) is 28.1. The third-order valence-electron chi connectivity index (χ3n) is 5.93. The molecule has 0 radical (unpaired) electrons. The number of carbonyl (C=O) groups excluding carboxylic acids is 2. The molecule has 1 atom stereocenters. The van der Waals surface area contributed by atoms with Crippen LogP contribution in [-0.4, -0.2) is 64.1 Å². The second-order valence-corrected chi connectivity index (χ2v) is 8.84. The molecule has 0 aliphatic carbocycles. The van der Waals surface area contributed by atoms with Crippen molar-refractivity contribution in [2.24, 2.45) is 5.73 Å². The lowest BCUT2D eigenvalue weighted by atomic mass is 9.98. The van der Waals surface area contributed by atoms with Gasteiger partial charge in [0.25, 0.3) is 5.91 Å². The Labute approximate surface area is 213 Å². The van der Waals surface area contributed by atoms with Crippen LogP contribution in [-0.2, 0) is 22.4 Å². The van der Waals surface area contributed by atoms with Crippen LogP contribution in [0.4, 0.5) is 18.9 Å². The number of hydrogen-bond acceptors (Lipinski definition) is 7. The Morgan fingerprint density at radius 3 is 2.51 bits per heavy atom. The number of para-hydroxylation sites is 2. The van der Waals surface area contributed by atoms with E-state index in [1.807, 2.05) is 11.8 Å². The Morgan fingerprint density at radius 1 is 1.16 bits per heavy atom. The second kappa shape index (κ2) is 12.7. The molecule has 11 heteroatoms. The number of rotatable bonds is 13. The summed E-state index contributed by atoms with van der Waals surface area (Å²) >= 11 is 0. The molecule has 0 unspecified atom stereocenters. The summed E-state index contributed by atoms with van der Waals surface area (Å²) in [5.74, 6) is -0.566. The number of halogens is 3. The summed E-state index contributed by atoms with van der Waals surface area (Å²) < 4.78 is 52.6. The van der Waals surface area contributed by atoms with E-state index in [-0.39, 0.29) is 36.5 Å². The molecule has 1 aliphatic rings. The number of fused-ring (bicyclic) bond motifs is 1. The normalized spacial score (nSPS) is 13.7. The SMILES string of the molecule is COC(=O)CCN1CCc2cc(C[C@@H](C)NCCOc3ccccc3OCC(F)(F)F)cc(C(N)=O)c21. The number of esters is 1. The zero-order valence-electron chi connectivity index (χ0n) is 20.9. The fourth-order valence-corrected chi connectivity index (χ4v) is 4.29. The standard InChI is InChI=1S/C26H32F3N3O5/c1-17(31-9-12-36-21-5-3-4-6-22(21)37-16-26(27,28)29)13-18-14-19-7-10-32(11-8-23(33)35-2)24(19)20(15-18)25(30)34/h3-6,14-15,17,31H,7-13,16H2,1-2H3,(H2,30,34)/t17-/m1/s1. The molecule has 0 spiro atoms. The number of ether oxygens (including phenoxy) is 3. The van der Waals surface area contributed by atoms with Crippen LogP contribution in [0.5, 0.6) is 11.5 Å². The monoisotopic (exact) mass is 523 g/mol. The van der Waals surface area contributed by atoms with Gasteiger partial charge in [0, 0.05) is 25.7 Å². The van der Waals surface area contributed by atoms with Crippen molar-refractivity contribution in [3.05, 3.63) is 53.1 Å². The molecular weight excluding hydrogens is 491 g/mol. The molecule has 0 saturated heterocycles. The third kappa shape index (κ3) is 8.28. The Kier molecular flexibility index (Phi) is 9.62. The number of methoxy groups -OCH3 is 1. The van der Waals surface area contributed by atoms with E-state index in [0.29, 0.717) is 31.6 Å². The average molecular weight is 524 g/mol. The Balaban J connectivity index is 1.54. The van der Waals surface area contributed by atoms with Gasteiger partial charge in [0.1, 0.15) is 6.61 Å². The number of primary amides is 1. The first-order valence-electron chi connectivity index (χ1n) is 12.0. The molecule has 1 aliphatic heterocycles. The lowest BCUT2D eigenvalue weighted by Crippen LogP contribution is -2.32. The third-order valence-corrected chi connectivity index (χ3v) is 5.93. The lowest BCUT2D eigenvalue weighted by molar-refractivity contribution is -0.153. The van der Waals surface area contributed by atoms with E-state index < -0.39 is 18.7 Å². The van der Waals surface area contributed by atoms with Crippen molar-refractivity contribution in [3.63, 3.8) is 0 Å². The van der Waals surface area contributed by atoms with Gasteiger partial charge < -0.3 is 30.2 Å². The summed E-state index contributed by atoms with van der Waals surface area (Å²) in [6, 6.07) is 10.1. The smallest absolute Gasteiger partial charge is 0.422 e. The lowest BCUT2D eigenvalue weighted by Gasteiger charge is -2.22. The van der Waals surface area contributed by atoms with Crippen molar-refractivity contribution in [1.82, 2.24) is 5.32 Å². The van der Waals surface area contributed by atoms with Gasteiger partial charge >= 0.3 is 12.1 Å². The predicted molar refractivity (Wildman–Crippen MR) is 132 cm³/mol. The van der Waals surface area contributed by atoms with Crippen LogP contribution in [0.15, 0.2) is 36.4 Å². The maximum absolute atomic E-state index is 12.5. The molecular formula is C26H32F3N3O5. The fraction of sp³-hybridized carbons (Fsp3) is 0.462. The molecule has 202 valence electrons. The molecule has 0 aromatic heterocycles. The minimum absolute atomic E-state index is 0.0240. The van der Waals surface area contributed by atoms with Crippen molar-refractivity contribution >= 4 is 17.6 Å². The minimum atomic E-state index is -4.43. The Hall–Kier alpha value is -3.47. The molecule has 0 fully saturated rings. The molecule has 8 nitrogen and oxygen atoms in total. The number of anilines is 1. The first-order valence-corrected chi connectivity index (χ1v) is 12.0. The van der Waals surface area contributed by atoms with Gasteiger partial charge in [-0.1, -0.05) is 18.2 Å². The number of amides is 1. The maximum Gasteiger partial charge on any atom is 0.422 e. The molecule has 2 aromatic rings. The van der Waals surface area contributed by atoms with E-state index in [2.05, 4.69) is 11.4 Å². The molecule has 1 amide bonds. The van der Waals surface area contributed by atoms with E-state index in [4.69, 9.17) is 19.9 Å². The highest BCUT2D eigenvalue weighted by molar-refractivity contribution is 6.00. The van der Waals surface area contributed by atoms with Gasteiger partial charge in [-0.15, -0.1) is 0 Å². The molecule has 0 saturated carbocycles. The van der Waals surface area contributed by atoms with E-state index in [9.17, 15) is 22.8 Å². The fourth-order valence-electron chi connectivity index (χ4n) is 4.29. The average Bonchev–Trinajstić information content (AvgIpc) is 3.26. The molecule has 1 heterocycles. The molecule has 3 N–H and O–H groups in total. The summed E-state index contributed by atoms with van der Waals surface area (Å²) in [4.78, 5) is 25.7. The largest absolute Gasteiger partial charge is 0.488 e.